The molecule has 0 amide bonds. The second-order valence-electron chi connectivity index (χ2n) is 4.57. The standard InChI is InChI=1S/C15H14N2S/c1-9-6-10(2)14-13(7-9)17-15(18-14)11-4-3-5-12(16)8-11/h3-8H,16H2,1-2H3. The Morgan fingerprint density at radius 3 is 2.72 bits per heavy atom. The first-order chi connectivity index (χ1) is 8.63. The average Bonchev–Trinajstić information content (AvgIpc) is 2.73. The van der Waals surface area contributed by atoms with Crippen LogP contribution in [0.5, 0.6) is 0 Å². The molecule has 0 saturated carbocycles. The highest BCUT2D eigenvalue weighted by atomic mass is 32.1. The van der Waals surface area contributed by atoms with Crippen LogP contribution < -0.4 is 5.73 Å². The van der Waals surface area contributed by atoms with Crippen molar-refractivity contribution >= 4 is 27.2 Å². The molecule has 3 aromatic rings. The lowest BCUT2D eigenvalue weighted by molar-refractivity contribution is 1.40. The van der Waals surface area contributed by atoms with Gasteiger partial charge in [0.2, 0.25) is 0 Å². The number of nitrogens with zero attached hydrogens (tertiary/aromatic N) is 1. The zero-order valence-corrected chi connectivity index (χ0v) is 11.2. The van der Waals surface area contributed by atoms with Gasteiger partial charge in [-0.3, -0.25) is 0 Å². The fourth-order valence-corrected chi connectivity index (χ4v) is 3.18. The van der Waals surface area contributed by atoms with Gasteiger partial charge in [-0.1, -0.05) is 18.2 Å². The molecule has 0 saturated heterocycles. The van der Waals surface area contributed by atoms with Crippen molar-refractivity contribution in [1.29, 1.82) is 0 Å². The summed E-state index contributed by atoms with van der Waals surface area (Å²) in [6, 6.07) is 12.2. The zero-order chi connectivity index (χ0) is 12.7. The van der Waals surface area contributed by atoms with Crippen LogP contribution in [0.1, 0.15) is 11.1 Å². The number of aromatic nitrogens is 1. The number of aryl methyl sites for hydroxylation is 2. The van der Waals surface area contributed by atoms with E-state index in [1.54, 1.807) is 11.3 Å². The molecule has 0 bridgehead atoms. The SMILES string of the molecule is Cc1cc(C)c2sc(-c3cccc(N)c3)nc2c1. The summed E-state index contributed by atoms with van der Waals surface area (Å²) < 4.78 is 1.26. The van der Waals surface area contributed by atoms with E-state index in [0.29, 0.717) is 0 Å². The smallest absolute Gasteiger partial charge is 0.124 e. The molecule has 2 nitrogen and oxygen atoms in total. The van der Waals surface area contributed by atoms with Crippen molar-refractivity contribution in [3.8, 4) is 10.6 Å². The first-order valence-corrected chi connectivity index (χ1v) is 6.69. The highest BCUT2D eigenvalue weighted by Gasteiger charge is 2.08. The van der Waals surface area contributed by atoms with Gasteiger partial charge in [0.1, 0.15) is 5.01 Å². The van der Waals surface area contributed by atoms with Gasteiger partial charge in [-0.25, -0.2) is 4.98 Å². The predicted octanol–water partition coefficient (Wildman–Crippen LogP) is 4.16. The largest absolute Gasteiger partial charge is 0.399 e. The number of rotatable bonds is 1. The fourth-order valence-electron chi connectivity index (χ4n) is 2.17. The number of hydrogen-bond acceptors (Lipinski definition) is 3. The average molecular weight is 254 g/mol. The Hall–Kier alpha value is -1.87. The van der Waals surface area contributed by atoms with Crippen molar-refractivity contribution in [2.75, 3.05) is 5.73 Å². The normalized spacial score (nSPS) is 11.0. The van der Waals surface area contributed by atoms with E-state index in [2.05, 4.69) is 32.0 Å². The van der Waals surface area contributed by atoms with E-state index < -0.39 is 0 Å². The second-order valence-corrected chi connectivity index (χ2v) is 5.57. The topological polar surface area (TPSA) is 38.9 Å². The van der Waals surface area contributed by atoms with Crippen LogP contribution in [-0.4, -0.2) is 4.98 Å². The molecule has 0 aliphatic rings. The molecule has 90 valence electrons. The number of nitrogens with two attached hydrogens (primary N) is 1. The van der Waals surface area contributed by atoms with Crippen LogP contribution >= 0.6 is 11.3 Å². The third kappa shape index (κ3) is 1.87. The number of nitrogen functional groups attached to an aromatic ring is 1. The summed E-state index contributed by atoms with van der Waals surface area (Å²) in [7, 11) is 0. The van der Waals surface area contributed by atoms with Gasteiger partial charge in [0.15, 0.2) is 0 Å². The summed E-state index contributed by atoms with van der Waals surface area (Å²) in [6.07, 6.45) is 0. The highest BCUT2D eigenvalue weighted by molar-refractivity contribution is 7.21. The first-order valence-electron chi connectivity index (χ1n) is 5.87. The maximum atomic E-state index is 5.82. The molecule has 0 aliphatic heterocycles. The van der Waals surface area contributed by atoms with Crippen molar-refractivity contribution < 1.29 is 0 Å². The predicted molar refractivity (Wildman–Crippen MR) is 78.9 cm³/mol. The van der Waals surface area contributed by atoms with Gasteiger partial charge >= 0.3 is 0 Å². The van der Waals surface area contributed by atoms with E-state index in [1.165, 1.54) is 15.8 Å². The van der Waals surface area contributed by atoms with Crippen molar-refractivity contribution in [2.24, 2.45) is 0 Å². The van der Waals surface area contributed by atoms with Crippen LogP contribution in [0.2, 0.25) is 0 Å². The van der Waals surface area contributed by atoms with E-state index in [9.17, 15) is 0 Å². The minimum Gasteiger partial charge on any atom is -0.399 e. The van der Waals surface area contributed by atoms with Crippen LogP contribution in [0.3, 0.4) is 0 Å². The molecule has 1 heterocycles. The lowest BCUT2D eigenvalue weighted by Crippen LogP contribution is -1.84. The molecule has 0 fully saturated rings. The number of benzene rings is 2. The zero-order valence-electron chi connectivity index (χ0n) is 10.4. The van der Waals surface area contributed by atoms with E-state index in [1.807, 2.05) is 18.2 Å². The molecule has 2 N–H and O–H groups in total. The van der Waals surface area contributed by atoms with Crippen LogP contribution in [0.4, 0.5) is 5.69 Å². The molecule has 0 spiro atoms. The van der Waals surface area contributed by atoms with Crippen LogP contribution in [0.25, 0.3) is 20.8 Å². The Morgan fingerprint density at radius 1 is 1.11 bits per heavy atom. The number of thiazole rings is 1. The second kappa shape index (κ2) is 4.10. The molecule has 0 unspecified atom stereocenters. The molecule has 18 heavy (non-hydrogen) atoms. The number of hydrogen-bond donors (Lipinski definition) is 1. The highest BCUT2D eigenvalue weighted by Crippen LogP contribution is 2.33. The summed E-state index contributed by atoms with van der Waals surface area (Å²) in [5.74, 6) is 0. The third-order valence-electron chi connectivity index (χ3n) is 2.95. The first kappa shape index (κ1) is 11.2. The Morgan fingerprint density at radius 2 is 1.94 bits per heavy atom. The van der Waals surface area contributed by atoms with Crippen LogP contribution in [-0.2, 0) is 0 Å². The van der Waals surface area contributed by atoms with Gasteiger partial charge in [-0.15, -0.1) is 11.3 Å². The van der Waals surface area contributed by atoms with E-state index in [0.717, 1.165) is 21.8 Å². The van der Waals surface area contributed by atoms with E-state index in [4.69, 9.17) is 10.7 Å². The molecule has 3 rings (SSSR count). The van der Waals surface area contributed by atoms with Gasteiger partial charge < -0.3 is 5.73 Å². The van der Waals surface area contributed by atoms with E-state index in [-0.39, 0.29) is 0 Å². The maximum Gasteiger partial charge on any atom is 0.124 e. The van der Waals surface area contributed by atoms with Crippen molar-refractivity contribution in [2.45, 2.75) is 13.8 Å². The van der Waals surface area contributed by atoms with Gasteiger partial charge in [0.25, 0.3) is 0 Å². The minimum absolute atomic E-state index is 0.777. The quantitative estimate of drug-likeness (QED) is 0.662. The summed E-state index contributed by atoms with van der Waals surface area (Å²) in [6.45, 7) is 4.24. The lowest BCUT2D eigenvalue weighted by Gasteiger charge is -1.96. The fraction of sp³-hybridized carbons (Fsp3) is 0.133. The minimum atomic E-state index is 0.777. The van der Waals surface area contributed by atoms with Crippen molar-refractivity contribution in [1.82, 2.24) is 4.98 Å². The summed E-state index contributed by atoms with van der Waals surface area (Å²) in [4.78, 5) is 4.71. The van der Waals surface area contributed by atoms with Crippen molar-refractivity contribution in [3.05, 3.63) is 47.5 Å². The van der Waals surface area contributed by atoms with E-state index >= 15 is 0 Å². The van der Waals surface area contributed by atoms with Crippen molar-refractivity contribution in [3.63, 3.8) is 0 Å². The molecular formula is C15H14N2S. The molecule has 0 aliphatic carbocycles. The Balaban J connectivity index is 2.22. The number of fused-ring (bicyclic) bond motifs is 1. The maximum absolute atomic E-state index is 5.82. The molecule has 1 aromatic heterocycles. The van der Waals surface area contributed by atoms with Gasteiger partial charge in [-0.2, -0.15) is 0 Å². The summed E-state index contributed by atoms with van der Waals surface area (Å²) >= 11 is 1.73. The van der Waals surface area contributed by atoms with Gasteiger partial charge in [0, 0.05) is 11.3 Å². The Kier molecular flexibility index (Phi) is 2.56. The molecule has 0 atom stereocenters. The number of anilines is 1. The summed E-state index contributed by atoms with van der Waals surface area (Å²) in [5, 5.41) is 1.03. The van der Waals surface area contributed by atoms with Crippen LogP contribution in [0, 0.1) is 13.8 Å². The molecule has 0 radical (unpaired) electrons. The molecular weight excluding hydrogens is 240 g/mol. The van der Waals surface area contributed by atoms with Crippen LogP contribution in [0.15, 0.2) is 36.4 Å². The van der Waals surface area contributed by atoms with Gasteiger partial charge in [0.05, 0.1) is 10.2 Å². The monoisotopic (exact) mass is 254 g/mol. The molecule has 3 heteroatoms. The Bertz CT molecular complexity index is 728. The third-order valence-corrected chi connectivity index (χ3v) is 4.21. The summed E-state index contributed by atoms with van der Waals surface area (Å²) in [5.41, 5.74) is 11.3. The lowest BCUT2D eigenvalue weighted by atomic mass is 10.1. The molecule has 2 aromatic carbocycles. The Labute approximate surface area is 110 Å². The van der Waals surface area contributed by atoms with Gasteiger partial charge in [-0.05, 0) is 43.2 Å².